The molecule has 4 nitrogen and oxygen atoms in total. The first kappa shape index (κ1) is 15.3. The Balaban J connectivity index is 1.75. The van der Waals surface area contributed by atoms with Crippen LogP contribution >= 0.6 is 22.6 Å². The minimum Gasteiger partial charge on any atom is -0.326 e. The van der Waals surface area contributed by atoms with Crippen LogP contribution in [0.25, 0.3) is 0 Å². The van der Waals surface area contributed by atoms with Crippen molar-refractivity contribution >= 4 is 34.2 Å². The van der Waals surface area contributed by atoms with Crippen molar-refractivity contribution in [3.8, 4) is 0 Å². The molecule has 2 aromatic rings. The number of fused-ring (bicyclic) bond motifs is 1. The van der Waals surface area contributed by atoms with E-state index in [1.807, 2.05) is 4.68 Å². The second-order valence-corrected chi connectivity index (χ2v) is 6.26. The monoisotopic (exact) mass is 421 g/mol. The van der Waals surface area contributed by atoms with Gasteiger partial charge in [-0.25, -0.2) is 13.2 Å². The van der Waals surface area contributed by atoms with E-state index in [9.17, 15) is 18.0 Å². The lowest BCUT2D eigenvalue weighted by Crippen LogP contribution is -2.30. The number of carbonyl (C=O) groups is 1. The highest BCUT2D eigenvalue weighted by molar-refractivity contribution is 14.1. The van der Waals surface area contributed by atoms with Crippen LogP contribution in [-0.4, -0.2) is 15.7 Å². The van der Waals surface area contributed by atoms with Crippen molar-refractivity contribution in [2.75, 3.05) is 5.32 Å². The fourth-order valence-electron chi connectivity index (χ4n) is 2.49. The van der Waals surface area contributed by atoms with Gasteiger partial charge >= 0.3 is 0 Å². The van der Waals surface area contributed by atoms with Crippen molar-refractivity contribution in [1.29, 1.82) is 0 Å². The number of amides is 1. The summed E-state index contributed by atoms with van der Waals surface area (Å²) in [6.45, 7) is 0.614. The summed E-state index contributed by atoms with van der Waals surface area (Å²) in [6, 6.07) is 1.54. The molecule has 0 radical (unpaired) electrons. The zero-order valence-corrected chi connectivity index (χ0v) is 13.4. The van der Waals surface area contributed by atoms with E-state index in [0.717, 1.165) is 21.4 Å². The van der Waals surface area contributed by atoms with Crippen LogP contribution < -0.4 is 5.32 Å². The molecule has 0 aliphatic carbocycles. The van der Waals surface area contributed by atoms with Gasteiger partial charge in [-0.05, 0) is 29.0 Å². The van der Waals surface area contributed by atoms with Crippen LogP contribution in [-0.2, 0) is 17.8 Å². The molecule has 1 aliphatic rings. The first-order valence-corrected chi connectivity index (χ1v) is 7.69. The molecule has 0 bridgehead atoms. The summed E-state index contributed by atoms with van der Waals surface area (Å²) in [6.07, 6.45) is 2.83. The van der Waals surface area contributed by atoms with Gasteiger partial charge in [0.2, 0.25) is 5.91 Å². The molecule has 8 heteroatoms. The summed E-state index contributed by atoms with van der Waals surface area (Å²) in [5.41, 5.74) is 0.888. The number of halogens is 4. The molecule has 3 rings (SSSR count). The van der Waals surface area contributed by atoms with E-state index in [0.29, 0.717) is 19.4 Å². The molecular formula is C14H11F3IN3O. The van der Waals surface area contributed by atoms with Crippen LogP contribution in [0.5, 0.6) is 0 Å². The molecule has 0 spiro atoms. The topological polar surface area (TPSA) is 46.9 Å². The van der Waals surface area contributed by atoms with Gasteiger partial charge in [-0.3, -0.25) is 9.48 Å². The Morgan fingerprint density at radius 3 is 2.68 bits per heavy atom. The smallest absolute Gasteiger partial charge is 0.227 e. The molecule has 0 saturated carbocycles. The van der Waals surface area contributed by atoms with Gasteiger partial charge in [-0.1, -0.05) is 0 Å². The Hall–Kier alpha value is -1.58. The number of rotatable bonds is 2. The van der Waals surface area contributed by atoms with Gasteiger partial charge in [0.1, 0.15) is 0 Å². The van der Waals surface area contributed by atoms with E-state index in [4.69, 9.17) is 0 Å². The van der Waals surface area contributed by atoms with E-state index in [1.165, 1.54) is 0 Å². The van der Waals surface area contributed by atoms with Gasteiger partial charge in [0.15, 0.2) is 17.5 Å². The minimum atomic E-state index is -1.55. The van der Waals surface area contributed by atoms with Crippen molar-refractivity contribution in [2.24, 2.45) is 5.92 Å². The molecule has 1 atom stereocenters. The SMILES string of the molecule is O=C(Nc1cc(F)c(F)c(F)c1)C1CCn2ncc(I)c2C1. The number of aromatic nitrogens is 2. The van der Waals surface area contributed by atoms with Crippen LogP contribution in [0.1, 0.15) is 12.1 Å². The number of nitrogens with zero attached hydrogens (tertiary/aromatic N) is 2. The van der Waals surface area contributed by atoms with E-state index in [1.54, 1.807) is 6.20 Å². The minimum absolute atomic E-state index is 0.0878. The lowest BCUT2D eigenvalue weighted by molar-refractivity contribution is -0.120. The van der Waals surface area contributed by atoms with Crippen LogP contribution in [0.15, 0.2) is 18.3 Å². The maximum absolute atomic E-state index is 13.2. The maximum atomic E-state index is 13.2. The fraction of sp³-hybridized carbons (Fsp3) is 0.286. The second kappa shape index (κ2) is 5.90. The molecule has 1 aromatic carbocycles. The summed E-state index contributed by atoms with van der Waals surface area (Å²) < 4.78 is 42.1. The first-order chi connectivity index (χ1) is 10.5. The van der Waals surface area contributed by atoms with E-state index < -0.39 is 17.5 Å². The lowest BCUT2D eigenvalue weighted by atomic mass is 9.95. The van der Waals surface area contributed by atoms with Gasteiger partial charge < -0.3 is 5.32 Å². The van der Waals surface area contributed by atoms with Gasteiger partial charge in [0.05, 0.1) is 15.5 Å². The molecule has 1 aliphatic heterocycles. The van der Waals surface area contributed by atoms with Crippen molar-refractivity contribution in [2.45, 2.75) is 19.4 Å². The van der Waals surface area contributed by atoms with Gasteiger partial charge in [-0.15, -0.1) is 0 Å². The van der Waals surface area contributed by atoms with Crippen molar-refractivity contribution in [3.63, 3.8) is 0 Å². The predicted molar refractivity (Wildman–Crippen MR) is 81.7 cm³/mol. The lowest BCUT2D eigenvalue weighted by Gasteiger charge is -2.23. The molecule has 0 saturated heterocycles. The number of anilines is 1. The Bertz CT molecular complexity index is 724. The largest absolute Gasteiger partial charge is 0.326 e. The normalized spacial score (nSPS) is 17.2. The van der Waals surface area contributed by atoms with Crippen molar-refractivity contribution in [3.05, 3.63) is 45.0 Å². The highest BCUT2D eigenvalue weighted by Gasteiger charge is 2.27. The Morgan fingerprint density at radius 1 is 1.32 bits per heavy atom. The molecule has 0 fully saturated rings. The molecule has 116 valence electrons. The summed E-state index contributed by atoms with van der Waals surface area (Å²) in [5.74, 6) is -4.85. The number of carbonyl (C=O) groups excluding carboxylic acids is 1. The Labute approximate surface area is 137 Å². The predicted octanol–water partition coefficient (Wildman–Crippen LogP) is 3.11. The zero-order valence-electron chi connectivity index (χ0n) is 11.2. The van der Waals surface area contributed by atoms with Crippen LogP contribution in [0.3, 0.4) is 0 Å². The molecule has 1 N–H and O–H groups in total. The number of benzene rings is 1. The highest BCUT2D eigenvalue weighted by Crippen LogP contribution is 2.25. The Morgan fingerprint density at radius 2 is 2.00 bits per heavy atom. The molecule has 1 unspecified atom stereocenters. The van der Waals surface area contributed by atoms with Crippen molar-refractivity contribution in [1.82, 2.24) is 9.78 Å². The van der Waals surface area contributed by atoms with Crippen LogP contribution in [0, 0.1) is 26.9 Å². The second-order valence-electron chi connectivity index (χ2n) is 5.10. The number of aryl methyl sites for hydroxylation is 1. The summed E-state index contributed by atoms with van der Waals surface area (Å²) in [7, 11) is 0. The maximum Gasteiger partial charge on any atom is 0.227 e. The van der Waals surface area contributed by atoms with Crippen molar-refractivity contribution < 1.29 is 18.0 Å². The summed E-state index contributed by atoms with van der Waals surface area (Å²) >= 11 is 2.15. The van der Waals surface area contributed by atoms with Gasteiger partial charge in [-0.2, -0.15) is 5.10 Å². The van der Waals surface area contributed by atoms with E-state index in [-0.39, 0.29) is 17.5 Å². The summed E-state index contributed by atoms with van der Waals surface area (Å²) in [5, 5.41) is 6.65. The third kappa shape index (κ3) is 2.83. The third-order valence-electron chi connectivity index (χ3n) is 3.65. The van der Waals surface area contributed by atoms with E-state index >= 15 is 0 Å². The van der Waals surface area contributed by atoms with Crippen LogP contribution in [0.2, 0.25) is 0 Å². The fourth-order valence-corrected chi connectivity index (χ4v) is 3.12. The van der Waals surface area contributed by atoms with Gasteiger partial charge in [0.25, 0.3) is 0 Å². The zero-order chi connectivity index (χ0) is 15.9. The number of hydrogen-bond donors (Lipinski definition) is 1. The Kier molecular flexibility index (Phi) is 4.11. The first-order valence-electron chi connectivity index (χ1n) is 6.61. The molecular weight excluding hydrogens is 410 g/mol. The average molecular weight is 421 g/mol. The number of hydrogen-bond acceptors (Lipinski definition) is 2. The molecule has 1 aromatic heterocycles. The van der Waals surface area contributed by atoms with Gasteiger partial charge in [0, 0.05) is 36.7 Å². The molecule has 2 heterocycles. The quantitative estimate of drug-likeness (QED) is 0.599. The third-order valence-corrected chi connectivity index (χ3v) is 4.55. The standard InChI is InChI=1S/C14H11F3IN3O/c15-9-4-8(5-10(16)13(9)17)20-14(22)7-1-2-21-12(3-7)11(18)6-19-21/h4-7H,1-3H2,(H,20,22). The van der Waals surface area contributed by atoms with Crippen LogP contribution in [0.4, 0.5) is 18.9 Å². The average Bonchev–Trinajstić information content (AvgIpc) is 2.85. The highest BCUT2D eigenvalue weighted by atomic mass is 127. The number of nitrogens with one attached hydrogen (secondary N) is 1. The molecule has 22 heavy (non-hydrogen) atoms. The summed E-state index contributed by atoms with van der Waals surface area (Å²) in [4.78, 5) is 12.2. The van der Waals surface area contributed by atoms with E-state index in [2.05, 4.69) is 33.0 Å². The molecule has 1 amide bonds.